The van der Waals surface area contributed by atoms with E-state index in [0.717, 1.165) is 69.1 Å². The van der Waals surface area contributed by atoms with Crippen molar-refractivity contribution in [1.29, 1.82) is 6.39 Å². The molecule has 0 spiro atoms. The van der Waals surface area contributed by atoms with Crippen molar-refractivity contribution < 1.29 is 4.57 Å². The Balaban J connectivity index is 0.000000325. The molecule has 3 aliphatic rings. The van der Waals surface area contributed by atoms with Crippen LogP contribution in [0, 0.1) is 91.2 Å². The number of hydrogen-bond donors (Lipinski definition) is 4. The van der Waals surface area contributed by atoms with Gasteiger partial charge in [-0.15, -0.1) is 6.42 Å². The minimum absolute atomic E-state index is 0.468. The fraction of sp³-hybridized carbons (Fsp3) is 0.171. The van der Waals surface area contributed by atoms with Gasteiger partial charge in [0.05, 0.1) is 57.3 Å². The fourth-order valence-electron chi connectivity index (χ4n) is 7.32. The number of benzene rings is 6. The zero-order valence-corrected chi connectivity index (χ0v) is 52.2. The molecule has 432 valence electrons. The Labute approximate surface area is 518 Å². The molecule has 0 saturated heterocycles. The summed E-state index contributed by atoms with van der Waals surface area (Å²) in [7, 11) is 4.56. The molecule has 12 nitrogen and oxygen atoms in total. The van der Waals surface area contributed by atoms with Crippen LogP contribution in [0.15, 0.2) is 230 Å². The molecule has 2 atom stereocenters. The molecule has 0 bridgehead atoms. The van der Waals surface area contributed by atoms with Crippen LogP contribution in [0.2, 0.25) is 0 Å². The van der Waals surface area contributed by atoms with Gasteiger partial charge in [-0.2, -0.15) is 18.7 Å². The number of allylic oxidation sites excluding steroid dienone is 2. The number of nitriles is 1. The predicted octanol–water partition coefficient (Wildman–Crippen LogP) is 16.9. The molecule has 6 aromatic carbocycles. The third-order valence-electron chi connectivity index (χ3n) is 12.2. The SMILES string of the molecule is C#Cc1ccccc1C.C1=CC2CC=NC2C=C1.C1=Nc2ccccc2C1.Cc1c[nH]c[n+]1C.Cc1cccc(C#N)c1.Cc1cnc[nH]1.Cc1cnc[nH]1.P=S.[2H]S.[C-]#[N+]c1ccccc1C.[C-]#[N+]c1ccccc1C.c1ccc2[nH]ccc2c1. The number of aliphatic imine (C=N–C) groups is 2. The third kappa shape index (κ3) is 28.7. The van der Waals surface area contributed by atoms with Gasteiger partial charge < -0.3 is 15.0 Å². The number of terminal acetylenes is 1. The third-order valence-corrected chi connectivity index (χ3v) is 12.2. The van der Waals surface area contributed by atoms with Crippen LogP contribution in [-0.2, 0) is 25.3 Å². The standard InChI is InChI=1S/C9H8.C8H9N.5C8H7N.C5H8N2.2C4H6N2.HPS.H2S/c1-3-9-7-5-4-6-8(9)2;3*1-2-4-8-7(3-1)5-6-9-8;2*1-7-5-3-4-6-8(7)9-2;1-7-3-2-4-8(5-7)6-9;1-5-3-6-4-7(5)2;2*1-4-2-5-3-6-4;1-2;/h1,4-7H,2H3;1-4,6-8H,5H2;1-4,6H,5H2;1-6,9H;2*3-6H,1H3;2-5H,1H3;3-4H,1-2H3;2*2-3H,1H3,(H,5,6);1H;1H2/p+1/i/hD. The summed E-state index contributed by atoms with van der Waals surface area (Å²) in [6.45, 7) is 27.3. The Morgan fingerprint density at radius 3 is 1.71 bits per heavy atom. The highest BCUT2D eigenvalue weighted by molar-refractivity contribution is 7.88. The van der Waals surface area contributed by atoms with Crippen LogP contribution in [0.3, 0.4) is 0 Å². The maximum atomic E-state index is 8.41. The largest absolute Gasteiger partial charge is 0.361 e. The highest BCUT2D eigenvalue weighted by Crippen LogP contribution is 2.23. The summed E-state index contributed by atoms with van der Waals surface area (Å²) in [5.74, 6) is 3.27. The molecule has 10 aromatic rings. The van der Waals surface area contributed by atoms with E-state index < -0.39 is 0 Å². The zero-order chi connectivity index (χ0) is 63.2. The Morgan fingerprint density at radius 2 is 1.27 bits per heavy atom. The van der Waals surface area contributed by atoms with Crippen molar-refractivity contribution in [2.24, 2.45) is 23.0 Å². The molecular weight excluding hydrogens is 1100 g/mol. The van der Waals surface area contributed by atoms with Crippen LogP contribution in [-0.4, -0.2) is 49.5 Å². The fourth-order valence-corrected chi connectivity index (χ4v) is 7.32. The predicted molar refractivity (Wildman–Crippen MR) is 365 cm³/mol. The highest BCUT2D eigenvalue weighted by atomic mass is 32.4. The summed E-state index contributed by atoms with van der Waals surface area (Å²) < 4.78 is 7.47. The lowest BCUT2D eigenvalue weighted by atomic mass is 9.96. The molecule has 0 amide bonds. The van der Waals surface area contributed by atoms with E-state index in [1.165, 1.54) is 27.7 Å². The van der Waals surface area contributed by atoms with Crippen LogP contribution >= 0.6 is 21.4 Å². The number of rotatable bonds is 0. The quantitative estimate of drug-likeness (QED) is 0.0517. The first-order valence-corrected chi connectivity index (χ1v) is 28.4. The van der Waals surface area contributed by atoms with Gasteiger partial charge in [0.1, 0.15) is 11.9 Å². The number of fused-ring (bicyclic) bond motifs is 3. The van der Waals surface area contributed by atoms with E-state index in [1.54, 1.807) is 31.1 Å². The topological polar surface area (TPSA) is 150 Å². The average Bonchev–Trinajstić information content (AvgIpc) is 4.60. The normalized spacial score (nSPS) is 12.2. The van der Waals surface area contributed by atoms with Crippen LogP contribution in [0.25, 0.3) is 20.6 Å². The Bertz CT molecular complexity index is 3540. The number of H-pyrrole nitrogens is 4. The molecule has 6 heterocycles. The Morgan fingerprint density at radius 1 is 0.694 bits per heavy atom. The Hall–Kier alpha value is -9.79. The van der Waals surface area contributed by atoms with Crippen molar-refractivity contribution in [1.82, 2.24) is 29.9 Å². The summed E-state index contributed by atoms with van der Waals surface area (Å²) in [6.07, 6.45) is 32.6. The summed E-state index contributed by atoms with van der Waals surface area (Å²) in [4.78, 5) is 34.5. The number of nitrogens with zero attached hydrogens (tertiary/aromatic N) is 8. The summed E-state index contributed by atoms with van der Waals surface area (Å²) in [5, 5.41) is 9.69. The molecule has 0 radical (unpaired) electrons. The number of aryl methyl sites for hydroxylation is 8. The molecule has 2 aliphatic heterocycles. The number of imidazole rings is 3. The molecule has 0 fully saturated rings. The molecule has 13 rings (SSSR count). The molecule has 2 unspecified atom stereocenters. The minimum Gasteiger partial charge on any atom is -0.361 e. The van der Waals surface area contributed by atoms with E-state index in [1.807, 2.05) is 206 Å². The molecule has 4 N–H and O–H groups in total. The van der Waals surface area contributed by atoms with E-state index in [-0.39, 0.29) is 0 Å². The van der Waals surface area contributed by atoms with Gasteiger partial charge in [-0.25, -0.2) is 29.2 Å². The molecule has 0 saturated carbocycles. The second-order valence-electron chi connectivity index (χ2n) is 18.6. The summed E-state index contributed by atoms with van der Waals surface area (Å²) >= 11 is 6.67. The molecule has 4 aromatic heterocycles. The number of nitrogens with one attached hydrogen (secondary N) is 4. The van der Waals surface area contributed by atoms with Gasteiger partial charge >= 0.3 is 0 Å². The van der Waals surface area contributed by atoms with E-state index in [4.69, 9.17) is 26.0 Å². The lowest BCUT2D eigenvalue weighted by Crippen LogP contribution is -2.27. The second kappa shape index (κ2) is 43.0. The summed E-state index contributed by atoms with van der Waals surface area (Å²) in [5.41, 5.74) is 14.8. The van der Waals surface area contributed by atoms with E-state index in [2.05, 4.69) is 150 Å². The first-order valence-electron chi connectivity index (χ1n) is 27.2. The van der Waals surface area contributed by atoms with Crippen molar-refractivity contribution in [3.05, 3.63) is 299 Å². The van der Waals surface area contributed by atoms with Crippen molar-refractivity contribution in [3.8, 4) is 18.4 Å². The van der Waals surface area contributed by atoms with Gasteiger partial charge in [-0.05, 0) is 126 Å². The van der Waals surface area contributed by atoms with E-state index in [9.17, 15) is 0 Å². The maximum absolute atomic E-state index is 8.41. The van der Waals surface area contributed by atoms with Crippen LogP contribution < -0.4 is 4.57 Å². The first kappa shape index (κ1) is 69.5. The van der Waals surface area contributed by atoms with Crippen molar-refractivity contribution >= 4 is 73.6 Å². The van der Waals surface area contributed by atoms with Crippen molar-refractivity contribution in [2.75, 3.05) is 0 Å². The minimum atomic E-state index is 0.468. The Kier molecular flexibility index (Phi) is 35.1. The van der Waals surface area contributed by atoms with Crippen molar-refractivity contribution in [3.63, 3.8) is 0 Å². The molecule has 1 aliphatic carbocycles. The van der Waals surface area contributed by atoms with Gasteiger partial charge in [0.2, 0.25) is 6.33 Å². The maximum Gasteiger partial charge on any atom is 0.241 e. The molecule has 85 heavy (non-hydrogen) atoms. The van der Waals surface area contributed by atoms with Gasteiger partial charge in [-0.1, -0.05) is 157 Å². The first-order chi connectivity index (χ1) is 41.8. The van der Waals surface area contributed by atoms with Gasteiger partial charge in [0.15, 0.2) is 11.4 Å². The smallest absolute Gasteiger partial charge is 0.241 e. The number of aromatic nitrogens is 7. The molecule has 15 heteroatoms. The second-order valence-corrected chi connectivity index (χ2v) is 18.6. The van der Waals surface area contributed by atoms with Crippen LogP contribution in [0.1, 0.15) is 62.4 Å². The van der Waals surface area contributed by atoms with Crippen molar-refractivity contribution in [2.45, 2.75) is 67.3 Å². The van der Waals surface area contributed by atoms with E-state index in [0.29, 0.717) is 12.0 Å². The van der Waals surface area contributed by atoms with Gasteiger partial charge in [0, 0.05) is 72.8 Å². The molecular formula is C70H76N12PS2+. The van der Waals surface area contributed by atoms with E-state index >= 15 is 0 Å². The van der Waals surface area contributed by atoms with Gasteiger partial charge in [-0.3, -0.25) is 9.98 Å². The number of aromatic amines is 4. The highest BCUT2D eigenvalue weighted by Gasteiger charge is 2.19. The lowest BCUT2D eigenvalue weighted by Gasteiger charge is -2.11. The zero-order valence-electron chi connectivity index (χ0n) is 50.5. The number of para-hydroxylation sites is 4. The summed E-state index contributed by atoms with van der Waals surface area (Å²) in [6, 6.07) is 51.6. The monoisotopic (exact) mass is 1180 g/mol. The average molecular weight is 1180 g/mol. The van der Waals surface area contributed by atoms with Crippen LogP contribution in [0.5, 0.6) is 0 Å². The van der Waals surface area contributed by atoms with Gasteiger partial charge in [0.25, 0.3) is 0 Å². The number of hydrogen-bond acceptors (Lipinski definition) is 6. The lowest BCUT2D eigenvalue weighted by molar-refractivity contribution is -0.676. The van der Waals surface area contributed by atoms with Crippen LogP contribution in [0.4, 0.5) is 17.1 Å².